The zero-order valence-corrected chi connectivity index (χ0v) is 44.8. The minimum Gasteiger partial charge on any atom is -0.311 e. The third kappa shape index (κ3) is 6.23. The maximum Gasteiger partial charge on any atom is 0.264 e. The van der Waals surface area contributed by atoms with Gasteiger partial charge in [-0.3, -0.25) is 0 Å². The van der Waals surface area contributed by atoms with Gasteiger partial charge in [0.05, 0.1) is 5.69 Å². The van der Waals surface area contributed by atoms with E-state index in [-0.39, 0.29) is 50.0 Å². The second kappa shape index (κ2) is 13.7. The smallest absolute Gasteiger partial charge is 0.264 e. The van der Waals surface area contributed by atoms with Gasteiger partial charge < -0.3 is 9.80 Å². The number of aryl methyl sites for hydroxylation is 1. The predicted octanol–water partition coefficient (Wildman–Crippen LogP) is 15.8. The van der Waals surface area contributed by atoms with E-state index in [0.29, 0.717) is 0 Å². The van der Waals surface area contributed by atoms with Crippen molar-refractivity contribution in [1.82, 2.24) is 0 Å². The van der Waals surface area contributed by atoms with Crippen LogP contribution in [0.1, 0.15) is 218 Å². The SMILES string of the molecule is CCc1cc2c3c(c1)N(c1ccc4c(c1)C(C)(C)CCC4(C)C)c1c(sc4c1C(C)(C)CCC4(C)C)B3c1cc3c(cc1N2c1ccc2c(c1)C(C)(C)CCC2(C)C)C(C)(C)CCC3(C)C. The molecule has 5 aromatic rings. The van der Waals surface area contributed by atoms with Crippen LogP contribution in [-0.2, 0) is 49.7 Å². The normalized spacial score (nSPS) is 23.4. The van der Waals surface area contributed by atoms with Gasteiger partial charge in [-0.1, -0.05) is 136 Å². The summed E-state index contributed by atoms with van der Waals surface area (Å²) in [6.45, 7) is 42.7. The van der Waals surface area contributed by atoms with Crippen LogP contribution in [0.2, 0.25) is 0 Å². The molecule has 0 spiro atoms. The molecule has 346 valence electrons. The highest BCUT2D eigenvalue weighted by atomic mass is 32.1. The van der Waals surface area contributed by atoms with Crippen LogP contribution in [0.3, 0.4) is 0 Å². The molecule has 0 unspecified atom stereocenters. The average molecular weight is 895 g/mol. The van der Waals surface area contributed by atoms with Gasteiger partial charge in [0, 0.05) is 38.1 Å². The van der Waals surface area contributed by atoms with E-state index in [1.165, 1.54) is 124 Å². The second-order valence-electron chi connectivity index (χ2n) is 27.5. The Labute approximate surface area is 404 Å². The molecule has 0 saturated heterocycles. The van der Waals surface area contributed by atoms with Gasteiger partial charge in [-0.25, -0.2) is 0 Å². The van der Waals surface area contributed by atoms with Crippen molar-refractivity contribution in [1.29, 1.82) is 0 Å². The molecule has 2 nitrogen and oxygen atoms in total. The average Bonchev–Trinajstić information content (AvgIpc) is 3.67. The Morgan fingerprint density at radius 2 is 0.848 bits per heavy atom. The largest absolute Gasteiger partial charge is 0.311 e. The van der Waals surface area contributed by atoms with Crippen LogP contribution >= 0.6 is 11.3 Å². The molecule has 6 aliphatic rings. The molecule has 0 fully saturated rings. The summed E-state index contributed by atoms with van der Waals surface area (Å²) in [6.07, 6.45) is 10.6. The van der Waals surface area contributed by atoms with Crippen molar-refractivity contribution in [3.05, 3.63) is 110 Å². The molecule has 0 saturated carbocycles. The summed E-state index contributed by atoms with van der Waals surface area (Å²) in [7, 11) is 0. The lowest BCUT2D eigenvalue weighted by Crippen LogP contribution is -2.61. The molecule has 4 aromatic carbocycles. The molecule has 4 aliphatic carbocycles. The van der Waals surface area contributed by atoms with E-state index in [9.17, 15) is 0 Å². The van der Waals surface area contributed by atoms with Gasteiger partial charge in [-0.05, 0) is 199 Å². The van der Waals surface area contributed by atoms with E-state index in [4.69, 9.17) is 0 Å². The van der Waals surface area contributed by atoms with E-state index in [1.54, 1.807) is 26.3 Å². The van der Waals surface area contributed by atoms with Crippen LogP contribution in [0.15, 0.2) is 60.7 Å². The summed E-state index contributed by atoms with van der Waals surface area (Å²) in [5.74, 6) is 0. The maximum absolute atomic E-state index is 2.83. The van der Waals surface area contributed by atoms with E-state index in [1.807, 2.05) is 0 Å². The summed E-state index contributed by atoms with van der Waals surface area (Å²) >= 11 is 2.18. The zero-order valence-electron chi connectivity index (χ0n) is 44.0. The van der Waals surface area contributed by atoms with Crippen molar-refractivity contribution in [2.45, 2.75) is 219 Å². The number of thiophene rings is 1. The molecule has 0 N–H and O–H groups in total. The van der Waals surface area contributed by atoms with Crippen LogP contribution in [0.5, 0.6) is 0 Å². The molecule has 0 bridgehead atoms. The molecule has 0 amide bonds. The van der Waals surface area contributed by atoms with E-state index < -0.39 is 0 Å². The Bertz CT molecular complexity index is 2890. The highest BCUT2D eigenvalue weighted by molar-refractivity contribution is 7.29. The first-order valence-electron chi connectivity index (χ1n) is 26.0. The van der Waals surface area contributed by atoms with Crippen molar-refractivity contribution < 1.29 is 0 Å². The number of anilines is 6. The minimum atomic E-state index is 0.0421. The lowest BCUT2D eigenvalue weighted by Gasteiger charge is -2.48. The van der Waals surface area contributed by atoms with Crippen LogP contribution in [0, 0.1) is 0 Å². The van der Waals surface area contributed by atoms with Crippen molar-refractivity contribution in [2.75, 3.05) is 9.80 Å². The van der Waals surface area contributed by atoms with Crippen molar-refractivity contribution in [2.24, 2.45) is 0 Å². The van der Waals surface area contributed by atoms with Gasteiger partial charge in [0.25, 0.3) is 6.71 Å². The van der Waals surface area contributed by atoms with Gasteiger partial charge in [-0.2, -0.15) is 11.3 Å². The number of rotatable bonds is 3. The zero-order chi connectivity index (χ0) is 47.3. The monoisotopic (exact) mass is 895 g/mol. The van der Waals surface area contributed by atoms with Gasteiger partial charge in [-0.15, -0.1) is 0 Å². The fourth-order valence-electron chi connectivity index (χ4n) is 14.1. The van der Waals surface area contributed by atoms with Gasteiger partial charge in [0.2, 0.25) is 0 Å². The Kier molecular flexibility index (Phi) is 9.30. The van der Waals surface area contributed by atoms with Crippen LogP contribution in [0.4, 0.5) is 34.1 Å². The molecule has 2 aliphatic heterocycles. The Morgan fingerprint density at radius 3 is 1.35 bits per heavy atom. The number of nitrogens with zero attached hydrogens (tertiary/aromatic N) is 2. The first kappa shape index (κ1) is 44.7. The Balaban J connectivity index is 1.28. The van der Waals surface area contributed by atoms with Crippen molar-refractivity contribution in [3.63, 3.8) is 0 Å². The molecule has 0 atom stereocenters. The summed E-state index contributed by atoms with van der Waals surface area (Å²) in [5, 5.41) is 0. The number of hydrogen-bond donors (Lipinski definition) is 0. The van der Waals surface area contributed by atoms with E-state index in [2.05, 4.69) is 200 Å². The van der Waals surface area contributed by atoms with E-state index in [0.717, 1.165) is 6.42 Å². The first-order chi connectivity index (χ1) is 30.6. The molecule has 66 heavy (non-hydrogen) atoms. The van der Waals surface area contributed by atoms with Gasteiger partial charge in [0.15, 0.2) is 0 Å². The highest BCUT2D eigenvalue weighted by Gasteiger charge is 2.52. The number of hydrogen-bond acceptors (Lipinski definition) is 3. The molecular formula is C62H79BN2S. The summed E-state index contributed by atoms with van der Waals surface area (Å²) in [6, 6.07) is 26.1. The van der Waals surface area contributed by atoms with Crippen LogP contribution in [0.25, 0.3) is 0 Å². The quantitative estimate of drug-likeness (QED) is 0.163. The molecule has 0 radical (unpaired) electrons. The lowest BCUT2D eigenvalue weighted by atomic mass is 9.35. The molecule has 4 heteroatoms. The van der Waals surface area contributed by atoms with Crippen molar-refractivity contribution in [3.8, 4) is 0 Å². The fraction of sp³-hybridized carbons (Fsp3) is 0.548. The topological polar surface area (TPSA) is 6.48 Å². The van der Waals surface area contributed by atoms with Crippen LogP contribution in [-0.4, -0.2) is 6.71 Å². The van der Waals surface area contributed by atoms with Crippen LogP contribution < -0.4 is 25.5 Å². The predicted molar refractivity (Wildman–Crippen MR) is 289 cm³/mol. The third-order valence-electron chi connectivity index (χ3n) is 19.2. The lowest BCUT2D eigenvalue weighted by molar-refractivity contribution is 0.332. The van der Waals surface area contributed by atoms with Gasteiger partial charge in [0.1, 0.15) is 0 Å². The molecule has 11 rings (SSSR count). The highest BCUT2D eigenvalue weighted by Crippen LogP contribution is 2.58. The fourth-order valence-corrected chi connectivity index (χ4v) is 15.8. The van der Waals surface area contributed by atoms with E-state index >= 15 is 0 Å². The summed E-state index contributed by atoms with van der Waals surface area (Å²) < 4.78 is 1.56. The summed E-state index contributed by atoms with van der Waals surface area (Å²) in [4.78, 5) is 7.21. The second-order valence-corrected chi connectivity index (χ2v) is 28.6. The summed E-state index contributed by atoms with van der Waals surface area (Å²) in [5.41, 5.74) is 24.4. The minimum absolute atomic E-state index is 0.0421. The standard InChI is InChI=1S/C62H79BN2S/c1-18-37-31-48-51-49(32-37)65(39-20-22-41-43(34-39)58(8,9)26-24-56(41,4)5)52-50-53(62(16,17)30-29-61(50,14)15)66-54(52)63(51)46-35-44-45(60(12,13)28-27-59(44,10)11)36-47(46)64(48)38-19-21-40-42(33-38)57(6,7)25-23-55(40,2)3/h19-22,31-36H,18,23-30H2,1-17H3. The van der Waals surface area contributed by atoms with Crippen molar-refractivity contribution >= 4 is 67.9 Å². The first-order valence-corrected chi connectivity index (χ1v) is 26.9. The molecule has 3 heterocycles. The molecular weight excluding hydrogens is 816 g/mol. The third-order valence-corrected chi connectivity index (χ3v) is 20.8. The molecule has 1 aromatic heterocycles. The van der Waals surface area contributed by atoms with Gasteiger partial charge >= 0.3 is 0 Å². The number of benzene rings is 4. The Morgan fingerprint density at radius 1 is 0.439 bits per heavy atom. The maximum atomic E-state index is 2.83. The Hall–Kier alpha value is -3.76. The number of fused-ring (bicyclic) bond motifs is 9.